The maximum atomic E-state index is 10.8. The summed E-state index contributed by atoms with van der Waals surface area (Å²) in [7, 11) is 0. The third kappa shape index (κ3) is 2.20. The molecule has 0 radical (unpaired) electrons. The smallest absolute Gasteiger partial charge is 0.335 e. The average molecular weight is 230 g/mol. The molecule has 4 heteroatoms. The molecule has 1 heterocycles. The fraction of sp³-hybridized carbons (Fsp3) is 0.231. The van der Waals surface area contributed by atoms with Gasteiger partial charge in [0, 0.05) is 24.0 Å². The third-order valence-electron chi connectivity index (χ3n) is 2.58. The van der Waals surface area contributed by atoms with Crippen LogP contribution in [-0.2, 0) is 0 Å². The Kier molecular flexibility index (Phi) is 2.95. The number of imidazole rings is 1. The number of carbonyl (C=O) groups is 1. The zero-order valence-corrected chi connectivity index (χ0v) is 9.79. The zero-order chi connectivity index (χ0) is 12.4. The van der Waals surface area contributed by atoms with E-state index in [9.17, 15) is 4.79 Å². The van der Waals surface area contributed by atoms with E-state index in [1.54, 1.807) is 30.5 Å². The summed E-state index contributed by atoms with van der Waals surface area (Å²) >= 11 is 0. The van der Waals surface area contributed by atoms with Gasteiger partial charge in [-0.1, -0.05) is 13.8 Å². The van der Waals surface area contributed by atoms with Crippen LogP contribution in [0.5, 0.6) is 0 Å². The summed E-state index contributed by atoms with van der Waals surface area (Å²) in [6.07, 6.45) is 3.63. The highest BCUT2D eigenvalue weighted by Gasteiger charge is 2.09. The second kappa shape index (κ2) is 4.41. The Balaban J connectivity index is 2.40. The van der Waals surface area contributed by atoms with Crippen LogP contribution in [0.2, 0.25) is 0 Å². The van der Waals surface area contributed by atoms with Crippen molar-refractivity contribution in [2.45, 2.75) is 19.8 Å². The lowest BCUT2D eigenvalue weighted by molar-refractivity contribution is 0.0697. The largest absolute Gasteiger partial charge is 0.478 e. The first-order valence-electron chi connectivity index (χ1n) is 5.46. The van der Waals surface area contributed by atoms with Crippen molar-refractivity contribution in [2.75, 3.05) is 0 Å². The molecule has 2 rings (SSSR count). The van der Waals surface area contributed by atoms with E-state index in [-0.39, 0.29) is 0 Å². The van der Waals surface area contributed by atoms with Crippen LogP contribution in [0, 0.1) is 0 Å². The Hall–Kier alpha value is -2.10. The summed E-state index contributed by atoms with van der Waals surface area (Å²) in [6, 6.07) is 6.78. The molecular formula is C13H14N2O2. The van der Waals surface area contributed by atoms with Crippen molar-refractivity contribution in [3.8, 4) is 5.69 Å². The molecular weight excluding hydrogens is 216 g/mol. The summed E-state index contributed by atoms with van der Waals surface area (Å²) in [5.74, 6) is 0.378. The van der Waals surface area contributed by atoms with Gasteiger partial charge in [0.05, 0.1) is 5.56 Å². The minimum atomic E-state index is -0.911. The van der Waals surface area contributed by atoms with E-state index in [2.05, 4.69) is 18.8 Å². The molecule has 1 aromatic heterocycles. The topological polar surface area (TPSA) is 55.1 Å². The van der Waals surface area contributed by atoms with E-state index in [0.29, 0.717) is 11.5 Å². The lowest BCUT2D eigenvalue weighted by Crippen LogP contribution is -2.03. The average Bonchev–Trinajstić information content (AvgIpc) is 2.78. The Morgan fingerprint density at radius 1 is 1.29 bits per heavy atom. The van der Waals surface area contributed by atoms with Crippen molar-refractivity contribution in [1.82, 2.24) is 9.55 Å². The molecule has 1 N–H and O–H groups in total. The minimum absolute atomic E-state index is 0.292. The number of carboxylic acids is 1. The van der Waals surface area contributed by atoms with Crippen molar-refractivity contribution in [2.24, 2.45) is 0 Å². The molecule has 0 aliphatic heterocycles. The minimum Gasteiger partial charge on any atom is -0.478 e. The van der Waals surface area contributed by atoms with Gasteiger partial charge in [0.25, 0.3) is 0 Å². The number of nitrogens with zero attached hydrogens (tertiary/aromatic N) is 2. The molecule has 1 aromatic carbocycles. The van der Waals surface area contributed by atoms with Crippen LogP contribution >= 0.6 is 0 Å². The SMILES string of the molecule is CC(C)c1nccn1-c1ccc(C(=O)O)cc1. The maximum Gasteiger partial charge on any atom is 0.335 e. The van der Waals surface area contributed by atoms with E-state index in [4.69, 9.17) is 5.11 Å². The lowest BCUT2D eigenvalue weighted by Gasteiger charge is -2.10. The quantitative estimate of drug-likeness (QED) is 0.882. The fourth-order valence-corrected chi connectivity index (χ4v) is 1.73. The first kappa shape index (κ1) is 11.4. The molecule has 17 heavy (non-hydrogen) atoms. The van der Waals surface area contributed by atoms with Gasteiger partial charge in [-0.05, 0) is 24.3 Å². The summed E-state index contributed by atoms with van der Waals surface area (Å²) in [4.78, 5) is 15.1. The number of aromatic nitrogens is 2. The monoisotopic (exact) mass is 230 g/mol. The Morgan fingerprint density at radius 2 is 1.94 bits per heavy atom. The molecule has 0 spiro atoms. The Morgan fingerprint density at radius 3 is 2.47 bits per heavy atom. The number of benzene rings is 1. The van der Waals surface area contributed by atoms with E-state index in [1.807, 2.05) is 10.8 Å². The number of aromatic carboxylic acids is 1. The second-order valence-corrected chi connectivity index (χ2v) is 4.16. The van der Waals surface area contributed by atoms with Crippen molar-refractivity contribution in [1.29, 1.82) is 0 Å². The van der Waals surface area contributed by atoms with Gasteiger partial charge in [-0.3, -0.25) is 0 Å². The molecule has 0 unspecified atom stereocenters. The van der Waals surface area contributed by atoms with Crippen LogP contribution in [0.3, 0.4) is 0 Å². The summed E-state index contributed by atoms with van der Waals surface area (Å²) in [5, 5.41) is 8.83. The summed E-state index contributed by atoms with van der Waals surface area (Å²) < 4.78 is 1.97. The number of carboxylic acid groups (broad SMARTS) is 1. The van der Waals surface area contributed by atoms with Crippen molar-refractivity contribution < 1.29 is 9.90 Å². The molecule has 0 atom stereocenters. The van der Waals surface area contributed by atoms with Gasteiger partial charge in [-0.2, -0.15) is 0 Å². The molecule has 4 nitrogen and oxygen atoms in total. The van der Waals surface area contributed by atoms with Gasteiger partial charge in [-0.25, -0.2) is 9.78 Å². The van der Waals surface area contributed by atoms with Gasteiger partial charge in [0.2, 0.25) is 0 Å². The molecule has 0 saturated heterocycles. The molecule has 0 fully saturated rings. The van der Waals surface area contributed by atoms with Gasteiger partial charge in [0.1, 0.15) is 5.82 Å². The zero-order valence-electron chi connectivity index (χ0n) is 9.79. The molecule has 0 aliphatic rings. The molecule has 2 aromatic rings. The molecule has 88 valence electrons. The van der Waals surface area contributed by atoms with E-state index < -0.39 is 5.97 Å². The maximum absolute atomic E-state index is 10.8. The molecule has 0 aliphatic carbocycles. The fourth-order valence-electron chi connectivity index (χ4n) is 1.73. The first-order chi connectivity index (χ1) is 8.09. The highest BCUT2D eigenvalue weighted by Crippen LogP contribution is 2.17. The summed E-state index contributed by atoms with van der Waals surface area (Å²) in [5.41, 5.74) is 1.22. The standard InChI is InChI=1S/C13H14N2O2/c1-9(2)12-14-7-8-15(12)11-5-3-10(4-6-11)13(16)17/h3-9H,1-2H3,(H,16,17). The van der Waals surface area contributed by atoms with Crippen LogP contribution in [0.1, 0.15) is 35.9 Å². The predicted molar refractivity (Wildman–Crippen MR) is 64.6 cm³/mol. The normalized spacial score (nSPS) is 10.8. The first-order valence-corrected chi connectivity index (χ1v) is 5.46. The van der Waals surface area contributed by atoms with Gasteiger partial charge in [-0.15, -0.1) is 0 Å². The number of rotatable bonds is 3. The number of hydrogen-bond donors (Lipinski definition) is 1. The highest BCUT2D eigenvalue weighted by molar-refractivity contribution is 5.87. The van der Waals surface area contributed by atoms with Crippen LogP contribution in [0.25, 0.3) is 5.69 Å². The van der Waals surface area contributed by atoms with Crippen LogP contribution in [0.4, 0.5) is 0 Å². The van der Waals surface area contributed by atoms with Gasteiger partial charge >= 0.3 is 5.97 Å². The van der Waals surface area contributed by atoms with Crippen molar-refractivity contribution >= 4 is 5.97 Å². The third-order valence-corrected chi connectivity index (χ3v) is 2.58. The van der Waals surface area contributed by atoms with Crippen LogP contribution in [-0.4, -0.2) is 20.6 Å². The highest BCUT2D eigenvalue weighted by atomic mass is 16.4. The number of hydrogen-bond acceptors (Lipinski definition) is 2. The van der Waals surface area contributed by atoms with Crippen LogP contribution in [0.15, 0.2) is 36.7 Å². The van der Waals surface area contributed by atoms with E-state index >= 15 is 0 Å². The van der Waals surface area contributed by atoms with Crippen molar-refractivity contribution in [3.05, 3.63) is 48.0 Å². The summed E-state index contributed by atoms with van der Waals surface area (Å²) in [6.45, 7) is 4.15. The Labute approximate surface area is 99.5 Å². The second-order valence-electron chi connectivity index (χ2n) is 4.16. The lowest BCUT2D eigenvalue weighted by atomic mass is 10.2. The van der Waals surface area contributed by atoms with Gasteiger partial charge < -0.3 is 9.67 Å². The Bertz CT molecular complexity index is 527. The van der Waals surface area contributed by atoms with Gasteiger partial charge in [0.15, 0.2) is 0 Å². The van der Waals surface area contributed by atoms with Crippen LogP contribution < -0.4 is 0 Å². The van der Waals surface area contributed by atoms with E-state index in [0.717, 1.165) is 11.5 Å². The molecule has 0 amide bonds. The predicted octanol–water partition coefficient (Wildman–Crippen LogP) is 2.69. The van der Waals surface area contributed by atoms with Crippen molar-refractivity contribution in [3.63, 3.8) is 0 Å². The molecule has 0 bridgehead atoms. The molecule has 0 saturated carbocycles. The van der Waals surface area contributed by atoms with E-state index in [1.165, 1.54) is 0 Å².